The minimum atomic E-state index is -0.730. The van der Waals surface area contributed by atoms with Crippen molar-refractivity contribution in [2.24, 2.45) is 0 Å². The summed E-state index contributed by atoms with van der Waals surface area (Å²) in [6, 6.07) is 12.3. The van der Waals surface area contributed by atoms with Gasteiger partial charge in [0.2, 0.25) is 0 Å². The summed E-state index contributed by atoms with van der Waals surface area (Å²) in [6.45, 7) is 1.77. The fourth-order valence-corrected chi connectivity index (χ4v) is 4.16. The molecule has 0 saturated heterocycles. The summed E-state index contributed by atoms with van der Waals surface area (Å²) in [7, 11) is 1.30. The highest BCUT2D eigenvalue weighted by Crippen LogP contribution is 2.48. The van der Waals surface area contributed by atoms with Crippen LogP contribution in [0.4, 0.5) is 0 Å². The standard InChI is InChI=1S/C21H16BrNO4/c1-10-16(21(26)27-2)17(14-9-11(22)7-8-15(14)24)18-19(23-10)12-5-3-4-6-13(12)20(18)25/h3-9,17,23-24H,1-2H3/t17-/m0/s1. The number of hydrogen-bond acceptors (Lipinski definition) is 5. The van der Waals surface area contributed by atoms with Crippen LogP contribution >= 0.6 is 15.9 Å². The second-order valence-corrected chi connectivity index (χ2v) is 7.37. The summed E-state index contributed by atoms with van der Waals surface area (Å²) in [5.74, 6) is -1.42. The quantitative estimate of drug-likeness (QED) is 0.713. The predicted octanol–water partition coefficient (Wildman–Crippen LogP) is 3.90. The van der Waals surface area contributed by atoms with Crippen molar-refractivity contribution in [3.63, 3.8) is 0 Å². The second-order valence-electron chi connectivity index (χ2n) is 6.45. The zero-order valence-electron chi connectivity index (χ0n) is 14.7. The second kappa shape index (κ2) is 6.39. The average molecular weight is 426 g/mol. The van der Waals surface area contributed by atoms with Crippen molar-refractivity contribution < 1.29 is 19.4 Å². The number of ether oxygens (including phenoxy) is 1. The molecule has 0 amide bonds. The van der Waals surface area contributed by atoms with Gasteiger partial charge in [0.25, 0.3) is 0 Å². The van der Waals surface area contributed by atoms with Crippen LogP contribution in [0.15, 0.2) is 63.8 Å². The monoisotopic (exact) mass is 425 g/mol. The van der Waals surface area contributed by atoms with Crippen LogP contribution in [0.2, 0.25) is 0 Å². The molecule has 5 nitrogen and oxygen atoms in total. The van der Waals surface area contributed by atoms with Gasteiger partial charge in [-0.2, -0.15) is 0 Å². The van der Waals surface area contributed by atoms with Crippen molar-refractivity contribution in [1.29, 1.82) is 0 Å². The zero-order chi connectivity index (χ0) is 19.3. The van der Waals surface area contributed by atoms with Gasteiger partial charge in [0.15, 0.2) is 5.78 Å². The first-order valence-electron chi connectivity index (χ1n) is 8.36. The molecule has 1 heterocycles. The number of aromatic hydroxyl groups is 1. The molecule has 27 heavy (non-hydrogen) atoms. The Morgan fingerprint density at radius 3 is 2.59 bits per heavy atom. The summed E-state index contributed by atoms with van der Waals surface area (Å²) in [5.41, 5.74) is 3.86. The molecule has 0 saturated carbocycles. The third-order valence-electron chi connectivity index (χ3n) is 4.95. The third-order valence-corrected chi connectivity index (χ3v) is 5.45. The van der Waals surface area contributed by atoms with Crippen LogP contribution in [0.25, 0.3) is 5.70 Å². The summed E-state index contributed by atoms with van der Waals surface area (Å²) < 4.78 is 5.72. The number of Topliss-reactive ketones (excluding diaryl/α,β-unsaturated/α-hetero) is 1. The zero-order valence-corrected chi connectivity index (χ0v) is 16.3. The maximum atomic E-state index is 13.2. The molecule has 1 atom stereocenters. The van der Waals surface area contributed by atoms with E-state index < -0.39 is 11.9 Å². The lowest BCUT2D eigenvalue weighted by Crippen LogP contribution is -2.29. The van der Waals surface area contributed by atoms with E-state index >= 15 is 0 Å². The van der Waals surface area contributed by atoms with Crippen molar-refractivity contribution in [3.8, 4) is 5.75 Å². The van der Waals surface area contributed by atoms with Crippen LogP contribution in [-0.2, 0) is 9.53 Å². The van der Waals surface area contributed by atoms with Crippen molar-refractivity contribution in [2.75, 3.05) is 7.11 Å². The predicted molar refractivity (Wildman–Crippen MR) is 104 cm³/mol. The number of benzene rings is 2. The van der Waals surface area contributed by atoms with E-state index in [2.05, 4.69) is 21.2 Å². The maximum absolute atomic E-state index is 13.2. The number of phenols is 1. The number of carbonyl (C=O) groups excluding carboxylic acids is 2. The first kappa shape index (κ1) is 17.5. The fourth-order valence-electron chi connectivity index (χ4n) is 3.78. The summed E-state index contributed by atoms with van der Waals surface area (Å²) >= 11 is 3.41. The van der Waals surface area contributed by atoms with Crippen molar-refractivity contribution in [2.45, 2.75) is 12.8 Å². The van der Waals surface area contributed by atoms with Crippen LogP contribution in [0, 0.1) is 0 Å². The molecule has 136 valence electrons. The normalized spacial score (nSPS) is 18.2. The van der Waals surface area contributed by atoms with Crippen molar-refractivity contribution in [1.82, 2.24) is 5.32 Å². The molecule has 6 heteroatoms. The Kier molecular flexibility index (Phi) is 4.15. The number of rotatable bonds is 2. The Bertz CT molecular complexity index is 1070. The third kappa shape index (κ3) is 2.59. The first-order chi connectivity index (χ1) is 12.9. The number of dihydropyridines is 1. The van der Waals surface area contributed by atoms with Gasteiger partial charge in [-0.15, -0.1) is 0 Å². The molecule has 2 aromatic carbocycles. The minimum Gasteiger partial charge on any atom is -0.508 e. The number of allylic oxidation sites excluding steroid dienone is 2. The number of ketones is 1. The topological polar surface area (TPSA) is 75.6 Å². The molecular formula is C21H16BrNO4. The highest BCUT2D eigenvalue weighted by molar-refractivity contribution is 9.10. The summed E-state index contributed by atoms with van der Waals surface area (Å²) in [4.78, 5) is 25.8. The first-order valence-corrected chi connectivity index (χ1v) is 9.16. The SMILES string of the molecule is COC(=O)C1=C(C)NC2=C(C(=O)c3ccccc32)[C@H]1c1cc(Br)ccc1O. The molecule has 0 aromatic heterocycles. The highest BCUT2D eigenvalue weighted by Gasteiger charge is 2.43. The smallest absolute Gasteiger partial charge is 0.336 e. The van der Waals surface area contributed by atoms with Crippen LogP contribution in [0.1, 0.15) is 34.3 Å². The van der Waals surface area contributed by atoms with Gasteiger partial charge in [0.1, 0.15) is 5.75 Å². The van der Waals surface area contributed by atoms with E-state index in [0.29, 0.717) is 33.7 Å². The van der Waals surface area contributed by atoms with Gasteiger partial charge in [0.05, 0.1) is 24.3 Å². The Morgan fingerprint density at radius 1 is 1.19 bits per heavy atom. The van der Waals surface area contributed by atoms with E-state index in [1.165, 1.54) is 7.11 Å². The molecule has 0 unspecified atom stereocenters. The van der Waals surface area contributed by atoms with Gasteiger partial charge < -0.3 is 15.2 Å². The molecule has 1 aliphatic carbocycles. The number of carbonyl (C=O) groups is 2. The van der Waals surface area contributed by atoms with Crippen molar-refractivity contribution in [3.05, 3.63) is 80.5 Å². The number of halogens is 1. The van der Waals surface area contributed by atoms with Gasteiger partial charge in [-0.25, -0.2) is 4.79 Å². The number of phenolic OH excluding ortho intramolecular Hbond substituents is 1. The van der Waals surface area contributed by atoms with Gasteiger partial charge in [0, 0.05) is 32.4 Å². The molecule has 2 aromatic rings. The Morgan fingerprint density at radius 2 is 1.89 bits per heavy atom. The van der Waals surface area contributed by atoms with E-state index in [9.17, 15) is 14.7 Å². The van der Waals surface area contributed by atoms with Gasteiger partial charge in [-0.3, -0.25) is 4.79 Å². The van der Waals surface area contributed by atoms with Gasteiger partial charge >= 0.3 is 5.97 Å². The number of hydrogen-bond donors (Lipinski definition) is 2. The lowest BCUT2D eigenvalue weighted by atomic mass is 9.79. The molecular weight excluding hydrogens is 410 g/mol. The molecule has 0 spiro atoms. The van der Waals surface area contributed by atoms with E-state index in [4.69, 9.17) is 4.74 Å². The molecule has 0 radical (unpaired) electrons. The van der Waals surface area contributed by atoms with Crippen LogP contribution in [0.5, 0.6) is 5.75 Å². The highest BCUT2D eigenvalue weighted by atomic mass is 79.9. The largest absolute Gasteiger partial charge is 0.508 e. The van der Waals surface area contributed by atoms with E-state index in [1.807, 2.05) is 18.2 Å². The Balaban J connectivity index is 2.01. The van der Waals surface area contributed by atoms with Crippen LogP contribution in [0.3, 0.4) is 0 Å². The molecule has 1 aliphatic heterocycles. The lowest BCUT2D eigenvalue weighted by molar-refractivity contribution is -0.136. The Labute approximate surface area is 164 Å². The molecule has 2 N–H and O–H groups in total. The van der Waals surface area contributed by atoms with E-state index in [1.54, 1.807) is 31.2 Å². The molecule has 0 fully saturated rings. The average Bonchev–Trinajstić information content (AvgIpc) is 2.94. The van der Waals surface area contributed by atoms with Crippen LogP contribution in [-0.4, -0.2) is 24.0 Å². The maximum Gasteiger partial charge on any atom is 0.336 e. The van der Waals surface area contributed by atoms with E-state index in [0.717, 1.165) is 10.0 Å². The number of fused-ring (bicyclic) bond motifs is 2. The van der Waals surface area contributed by atoms with Gasteiger partial charge in [-0.1, -0.05) is 40.2 Å². The lowest BCUT2D eigenvalue weighted by Gasteiger charge is -2.29. The molecule has 0 bridgehead atoms. The van der Waals surface area contributed by atoms with Crippen molar-refractivity contribution >= 4 is 33.4 Å². The Hall–Kier alpha value is -2.86. The van der Waals surface area contributed by atoms with E-state index in [-0.39, 0.29) is 11.5 Å². The fraction of sp³-hybridized carbons (Fsp3) is 0.143. The van der Waals surface area contributed by atoms with Gasteiger partial charge in [-0.05, 0) is 25.1 Å². The number of esters is 1. The number of nitrogens with one attached hydrogen (secondary N) is 1. The minimum absolute atomic E-state index is 0.00918. The summed E-state index contributed by atoms with van der Waals surface area (Å²) in [5, 5.41) is 13.7. The molecule has 2 aliphatic rings. The van der Waals surface area contributed by atoms with Crippen LogP contribution < -0.4 is 5.32 Å². The summed E-state index contributed by atoms with van der Waals surface area (Å²) in [6.07, 6.45) is 0. The number of methoxy groups -OCH3 is 1. The molecule has 4 rings (SSSR count).